The number of likely N-dealkylation sites (N-methyl/N-ethyl adjacent to an activating group) is 1. The van der Waals surface area contributed by atoms with Crippen LogP contribution in [0.15, 0.2) is 48.7 Å². The Balaban J connectivity index is 1.26. The molecule has 2 N–H and O–H groups in total. The number of rotatable bonds is 7. The molecule has 44 heavy (non-hydrogen) atoms. The number of nitrogens with zero attached hydrogens (tertiary/aromatic N) is 6. The number of amides is 3. The van der Waals surface area contributed by atoms with Gasteiger partial charge in [-0.3, -0.25) is 14.6 Å². The van der Waals surface area contributed by atoms with Crippen LogP contribution < -0.4 is 25.3 Å². The molecule has 0 atom stereocenters. The highest BCUT2D eigenvalue weighted by molar-refractivity contribution is 6.34. The minimum atomic E-state index is -0.149. The van der Waals surface area contributed by atoms with E-state index in [1.807, 2.05) is 36.2 Å². The maximum Gasteiger partial charge on any atom is 0.330 e. The van der Waals surface area contributed by atoms with Crippen molar-refractivity contribution >= 4 is 52.4 Å². The van der Waals surface area contributed by atoms with Crippen molar-refractivity contribution in [2.75, 3.05) is 53.2 Å². The molecule has 3 aliphatic rings. The fourth-order valence-electron chi connectivity index (χ4n) is 6.50. The Bertz CT molecular complexity index is 1520. The van der Waals surface area contributed by atoms with Crippen LogP contribution in [0.1, 0.15) is 50.2 Å². The number of para-hydroxylation sites is 1. The SMILES string of the molecule is CCC(=O)NC1CCC(N2C(=O)N(c3ccccc3Cl)Cc3cnc(Nc4ccc(N5CCN(C)CC5)c(C)c4)nc32)CC1. The van der Waals surface area contributed by atoms with Gasteiger partial charge in [0.1, 0.15) is 5.82 Å². The molecular weight excluding hydrogens is 576 g/mol. The Morgan fingerprint density at radius 2 is 1.77 bits per heavy atom. The quantitative estimate of drug-likeness (QED) is 0.351. The summed E-state index contributed by atoms with van der Waals surface area (Å²) < 4.78 is 0. The third-order valence-electron chi connectivity index (χ3n) is 9.02. The zero-order valence-electron chi connectivity index (χ0n) is 25.7. The Labute approximate surface area is 264 Å². The van der Waals surface area contributed by atoms with E-state index >= 15 is 0 Å². The molecule has 0 unspecified atom stereocenters. The van der Waals surface area contributed by atoms with Gasteiger partial charge in [-0.15, -0.1) is 0 Å². The predicted molar refractivity (Wildman–Crippen MR) is 176 cm³/mol. The average Bonchev–Trinajstić information content (AvgIpc) is 3.02. The minimum Gasteiger partial charge on any atom is -0.369 e. The van der Waals surface area contributed by atoms with E-state index in [4.69, 9.17) is 16.6 Å². The first-order chi connectivity index (χ1) is 21.3. The molecule has 2 aromatic carbocycles. The van der Waals surface area contributed by atoms with Crippen LogP contribution in [0.2, 0.25) is 5.02 Å². The van der Waals surface area contributed by atoms with Crippen LogP contribution >= 0.6 is 11.6 Å². The number of fused-ring (bicyclic) bond motifs is 1. The van der Waals surface area contributed by atoms with Crippen molar-refractivity contribution in [3.05, 3.63) is 64.8 Å². The summed E-state index contributed by atoms with van der Waals surface area (Å²) in [6.45, 7) is 8.47. The molecule has 3 aromatic rings. The number of hydrogen-bond donors (Lipinski definition) is 2. The largest absolute Gasteiger partial charge is 0.369 e. The van der Waals surface area contributed by atoms with E-state index < -0.39 is 0 Å². The van der Waals surface area contributed by atoms with Crippen LogP contribution in [0.25, 0.3) is 0 Å². The molecule has 0 bridgehead atoms. The maximum atomic E-state index is 14.2. The summed E-state index contributed by atoms with van der Waals surface area (Å²) in [4.78, 5) is 44.1. The van der Waals surface area contributed by atoms with Gasteiger partial charge in [-0.25, -0.2) is 9.78 Å². The third-order valence-corrected chi connectivity index (χ3v) is 9.34. The Morgan fingerprint density at radius 1 is 1.02 bits per heavy atom. The molecule has 3 heterocycles. The zero-order valence-corrected chi connectivity index (χ0v) is 26.5. The smallest absolute Gasteiger partial charge is 0.330 e. The number of aromatic nitrogens is 2. The van der Waals surface area contributed by atoms with Crippen molar-refractivity contribution in [3.63, 3.8) is 0 Å². The van der Waals surface area contributed by atoms with E-state index in [0.717, 1.165) is 63.1 Å². The standard InChI is InChI=1S/C33H41ClN8O2/c1-4-30(43)36-24-9-12-26(13-10-24)42-31-23(21-41(33(42)44)29-8-6-5-7-27(29)34)20-35-32(38-31)37-25-11-14-28(22(2)19-25)40-17-15-39(3)16-18-40/h5-8,11,14,19-20,24,26H,4,9-10,12-13,15-18,21H2,1-3H3,(H,36,43)(H,35,37,38). The number of benzene rings is 2. The van der Waals surface area contributed by atoms with Crippen LogP contribution in [0.3, 0.4) is 0 Å². The lowest BCUT2D eigenvalue weighted by molar-refractivity contribution is -0.121. The second kappa shape index (κ2) is 13.0. The second-order valence-corrected chi connectivity index (χ2v) is 12.5. The fraction of sp³-hybridized carbons (Fsp3) is 0.455. The van der Waals surface area contributed by atoms with E-state index in [1.165, 1.54) is 11.3 Å². The van der Waals surface area contributed by atoms with Crippen molar-refractivity contribution < 1.29 is 9.59 Å². The molecule has 1 aliphatic carbocycles. The third kappa shape index (κ3) is 6.32. The highest BCUT2D eigenvalue weighted by Crippen LogP contribution is 2.38. The van der Waals surface area contributed by atoms with Gasteiger partial charge in [0.05, 0.1) is 17.3 Å². The molecule has 1 aromatic heterocycles. The monoisotopic (exact) mass is 616 g/mol. The van der Waals surface area contributed by atoms with Crippen LogP contribution in [0.4, 0.5) is 33.6 Å². The van der Waals surface area contributed by atoms with Crippen LogP contribution in [-0.2, 0) is 11.3 Å². The van der Waals surface area contributed by atoms with E-state index in [-0.39, 0.29) is 24.0 Å². The number of anilines is 5. The molecule has 3 amide bonds. The number of carbonyl (C=O) groups excluding carboxylic acids is 2. The van der Waals surface area contributed by atoms with Gasteiger partial charge in [0, 0.05) is 67.8 Å². The minimum absolute atomic E-state index is 0.0609. The summed E-state index contributed by atoms with van der Waals surface area (Å²) in [5, 5.41) is 7.03. The molecule has 6 rings (SSSR count). The number of halogens is 1. The highest BCUT2D eigenvalue weighted by Gasteiger charge is 2.39. The Kier molecular flexibility index (Phi) is 8.91. The second-order valence-electron chi connectivity index (χ2n) is 12.1. The number of carbonyl (C=O) groups is 2. The van der Waals surface area contributed by atoms with Gasteiger partial charge in [-0.05, 0) is 75.5 Å². The number of hydrogen-bond acceptors (Lipinski definition) is 7. The van der Waals surface area contributed by atoms with Crippen molar-refractivity contribution in [2.24, 2.45) is 0 Å². The Morgan fingerprint density at radius 3 is 2.48 bits per heavy atom. The normalized spacial score (nSPS) is 20.8. The average molecular weight is 617 g/mol. The van der Waals surface area contributed by atoms with E-state index in [0.29, 0.717) is 35.4 Å². The lowest BCUT2D eigenvalue weighted by Gasteiger charge is -2.42. The first kappa shape index (κ1) is 30.1. The molecule has 0 radical (unpaired) electrons. The Hall–Kier alpha value is -3.89. The molecule has 2 fully saturated rings. The van der Waals surface area contributed by atoms with Gasteiger partial charge < -0.3 is 20.4 Å². The summed E-state index contributed by atoms with van der Waals surface area (Å²) in [5.74, 6) is 1.14. The molecule has 10 nitrogen and oxygen atoms in total. The summed E-state index contributed by atoms with van der Waals surface area (Å²) in [6, 6.07) is 13.7. The zero-order chi connectivity index (χ0) is 30.8. The highest BCUT2D eigenvalue weighted by atomic mass is 35.5. The van der Waals surface area contributed by atoms with Crippen LogP contribution in [-0.4, -0.2) is 72.1 Å². The molecule has 232 valence electrons. The van der Waals surface area contributed by atoms with Crippen molar-refractivity contribution in [2.45, 2.75) is 64.6 Å². The lowest BCUT2D eigenvalue weighted by atomic mass is 9.89. The maximum absolute atomic E-state index is 14.2. The summed E-state index contributed by atoms with van der Waals surface area (Å²) in [6.07, 6.45) is 5.40. The predicted octanol–water partition coefficient (Wildman–Crippen LogP) is 5.72. The summed E-state index contributed by atoms with van der Waals surface area (Å²) >= 11 is 6.56. The summed E-state index contributed by atoms with van der Waals surface area (Å²) in [7, 11) is 2.16. The van der Waals surface area contributed by atoms with E-state index in [1.54, 1.807) is 11.0 Å². The fourth-order valence-corrected chi connectivity index (χ4v) is 6.74. The van der Waals surface area contributed by atoms with Crippen LogP contribution in [0, 0.1) is 6.92 Å². The summed E-state index contributed by atoms with van der Waals surface area (Å²) in [5.41, 5.74) is 4.86. The number of nitrogens with one attached hydrogen (secondary N) is 2. The van der Waals surface area contributed by atoms with Gasteiger partial charge in [-0.1, -0.05) is 30.7 Å². The van der Waals surface area contributed by atoms with Crippen molar-refractivity contribution in [1.82, 2.24) is 20.2 Å². The van der Waals surface area contributed by atoms with E-state index in [2.05, 4.69) is 57.6 Å². The number of urea groups is 1. The van der Waals surface area contributed by atoms with Crippen LogP contribution in [0.5, 0.6) is 0 Å². The lowest BCUT2D eigenvalue weighted by Crippen LogP contribution is -2.54. The topological polar surface area (TPSA) is 96.9 Å². The molecule has 11 heteroatoms. The molecule has 2 aliphatic heterocycles. The number of piperazine rings is 1. The van der Waals surface area contributed by atoms with Crippen molar-refractivity contribution in [1.29, 1.82) is 0 Å². The van der Waals surface area contributed by atoms with Gasteiger partial charge in [-0.2, -0.15) is 4.98 Å². The van der Waals surface area contributed by atoms with E-state index in [9.17, 15) is 9.59 Å². The molecule has 0 spiro atoms. The van der Waals surface area contributed by atoms with Gasteiger partial charge in [0.15, 0.2) is 0 Å². The van der Waals surface area contributed by atoms with Gasteiger partial charge >= 0.3 is 6.03 Å². The van der Waals surface area contributed by atoms with Gasteiger partial charge in [0.25, 0.3) is 0 Å². The molecular formula is C33H41ClN8O2. The van der Waals surface area contributed by atoms with Crippen molar-refractivity contribution in [3.8, 4) is 0 Å². The van der Waals surface area contributed by atoms with Gasteiger partial charge in [0.2, 0.25) is 11.9 Å². The number of aryl methyl sites for hydroxylation is 1. The first-order valence-corrected chi connectivity index (χ1v) is 16.0. The molecule has 1 saturated carbocycles. The molecule has 1 saturated heterocycles. The first-order valence-electron chi connectivity index (χ1n) is 15.6.